The number of ketones is 1. The number of carbonyl (C=O) groups excluding carboxylic acids is 1. The van der Waals surface area contributed by atoms with Crippen molar-refractivity contribution < 1.29 is 14.3 Å². The van der Waals surface area contributed by atoms with Gasteiger partial charge in [-0.25, -0.2) is 0 Å². The van der Waals surface area contributed by atoms with Crippen LogP contribution in [0.5, 0.6) is 17.2 Å². The van der Waals surface area contributed by atoms with Crippen LogP contribution in [-0.4, -0.2) is 22.8 Å². The highest BCUT2D eigenvalue weighted by molar-refractivity contribution is 6.30. The van der Waals surface area contributed by atoms with Crippen molar-refractivity contribution in [1.82, 2.24) is 4.57 Å². The van der Waals surface area contributed by atoms with E-state index in [0.29, 0.717) is 46.1 Å². The Labute approximate surface area is 209 Å². The molecule has 3 aromatic carbocycles. The molecule has 1 aliphatic rings. The molecular weight excluding hydrogens is 469 g/mol. The third kappa shape index (κ3) is 5.24. The minimum Gasteiger partial charge on any atom is -0.494 e. The molecule has 0 N–H and O–H groups in total. The summed E-state index contributed by atoms with van der Waals surface area (Å²) in [6.45, 7) is 1.48. The summed E-state index contributed by atoms with van der Waals surface area (Å²) in [4.78, 5) is 13.5. The SMILES string of the molecule is O=C(c1ccc(OCCCCl)cc1)c1cn(CC2CC2)c2ccc(Oc3ccc(Cl)cc3)cc12. The lowest BCUT2D eigenvalue weighted by Gasteiger charge is -2.08. The average molecular weight is 494 g/mol. The van der Waals surface area contributed by atoms with Gasteiger partial charge in [-0.2, -0.15) is 0 Å². The van der Waals surface area contributed by atoms with Crippen molar-refractivity contribution in [2.75, 3.05) is 12.5 Å². The van der Waals surface area contributed by atoms with Crippen LogP contribution in [-0.2, 0) is 6.54 Å². The van der Waals surface area contributed by atoms with Crippen LogP contribution in [0, 0.1) is 5.92 Å². The molecule has 0 saturated heterocycles. The number of carbonyl (C=O) groups is 1. The van der Waals surface area contributed by atoms with Gasteiger partial charge in [-0.1, -0.05) is 11.6 Å². The van der Waals surface area contributed by atoms with E-state index in [9.17, 15) is 4.79 Å². The Bertz CT molecular complexity index is 1290. The van der Waals surface area contributed by atoms with E-state index in [2.05, 4.69) is 4.57 Å². The summed E-state index contributed by atoms with van der Waals surface area (Å²) in [5, 5.41) is 1.54. The van der Waals surface area contributed by atoms with Gasteiger partial charge in [0.15, 0.2) is 5.78 Å². The maximum absolute atomic E-state index is 13.5. The molecule has 1 aliphatic carbocycles. The Morgan fingerprint density at radius 3 is 2.35 bits per heavy atom. The third-order valence-corrected chi connectivity index (χ3v) is 6.48. The third-order valence-electron chi connectivity index (χ3n) is 5.96. The Hall–Kier alpha value is -2.95. The number of ether oxygens (including phenoxy) is 2. The summed E-state index contributed by atoms with van der Waals surface area (Å²) < 4.78 is 13.9. The fourth-order valence-electron chi connectivity index (χ4n) is 3.99. The topological polar surface area (TPSA) is 40.5 Å². The summed E-state index contributed by atoms with van der Waals surface area (Å²) in [5.74, 6) is 3.33. The van der Waals surface area contributed by atoms with Crippen molar-refractivity contribution in [3.8, 4) is 17.2 Å². The molecule has 0 unspecified atom stereocenters. The van der Waals surface area contributed by atoms with E-state index in [1.54, 1.807) is 12.1 Å². The minimum absolute atomic E-state index is 0.0181. The second kappa shape index (κ2) is 10.1. The number of fused-ring (bicyclic) bond motifs is 1. The zero-order valence-corrected chi connectivity index (χ0v) is 20.2. The lowest BCUT2D eigenvalue weighted by Crippen LogP contribution is -2.02. The molecule has 1 saturated carbocycles. The number of alkyl halides is 1. The monoisotopic (exact) mass is 493 g/mol. The van der Waals surface area contributed by atoms with Crippen molar-refractivity contribution in [3.63, 3.8) is 0 Å². The summed E-state index contributed by atoms with van der Waals surface area (Å²) in [6.07, 6.45) is 5.25. The predicted octanol–water partition coefficient (Wildman–Crippen LogP) is 7.74. The highest BCUT2D eigenvalue weighted by atomic mass is 35.5. The molecule has 4 nitrogen and oxygen atoms in total. The molecule has 4 aromatic rings. The first-order valence-corrected chi connectivity index (χ1v) is 12.4. The molecule has 0 bridgehead atoms. The number of hydrogen-bond donors (Lipinski definition) is 0. The maximum Gasteiger partial charge on any atom is 0.195 e. The van der Waals surface area contributed by atoms with Crippen LogP contribution in [0.4, 0.5) is 0 Å². The summed E-state index contributed by atoms with van der Waals surface area (Å²) in [7, 11) is 0. The first kappa shape index (κ1) is 22.8. The summed E-state index contributed by atoms with van der Waals surface area (Å²) in [5.41, 5.74) is 2.34. The zero-order valence-electron chi connectivity index (χ0n) is 18.7. The number of rotatable bonds is 10. The second-order valence-corrected chi connectivity index (χ2v) is 9.43. The number of hydrogen-bond acceptors (Lipinski definition) is 3. The van der Waals surface area contributed by atoms with Gasteiger partial charge in [-0.3, -0.25) is 4.79 Å². The predicted molar refractivity (Wildman–Crippen MR) is 137 cm³/mol. The summed E-state index contributed by atoms with van der Waals surface area (Å²) in [6, 6.07) is 20.5. The molecule has 174 valence electrons. The maximum atomic E-state index is 13.5. The molecule has 1 fully saturated rings. The Balaban J connectivity index is 1.45. The highest BCUT2D eigenvalue weighted by Crippen LogP contribution is 2.35. The van der Waals surface area contributed by atoms with Crippen LogP contribution in [0.15, 0.2) is 72.9 Å². The van der Waals surface area contributed by atoms with E-state index in [1.165, 1.54) is 12.8 Å². The smallest absolute Gasteiger partial charge is 0.195 e. The molecule has 1 aromatic heterocycles. The van der Waals surface area contributed by atoms with Gasteiger partial charge in [0.1, 0.15) is 17.2 Å². The number of aromatic nitrogens is 1. The van der Waals surface area contributed by atoms with Gasteiger partial charge < -0.3 is 14.0 Å². The fraction of sp³-hybridized carbons (Fsp3) is 0.250. The van der Waals surface area contributed by atoms with E-state index < -0.39 is 0 Å². The molecule has 34 heavy (non-hydrogen) atoms. The molecule has 0 amide bonds. The second-order valence-electron chi connectivity index (χ2n) is 8.62. The fourth-order valence-corrected chi connectivity index (χ4v) is 4.23. The summed E-state index contributed by atoms with van der Waals surface area (Å²) >= 11 is 11.7. The molecule has 1 heterocycles. The van der Waals surface area contributed by atoms with Crippen molar-refractivity contribution in [3.05, 3.63) is 89.1 Å². The first-order chi connectivity index (χ1) is 16.6. The van der Waals surface area contributed by atoms with Crippen LogP contribution in [0.2, 0.25) is 5.02 Å². The molecule has 0 spiro atoms. The molecule has 0 atom stereocenters. The van der Waals surface area contributed by atoms with Gasteiger partial charge in [0.25, 0.3) is 0 Å². The van der Waals surface area contributed by atoms with Crippen LogP contribution in [0.1, 0.15) is 35.2 Å². The number of halogens is 2. The normalized spacial score (nSPS) is 13.2. The van der Waals surface area contributed by atoms with Gasteiger partial charge in [0, 0.05) is 45.7 Å². The van der Waals surface area contributed by atoms with Crippen molar-refractivity contribution >= 4 is 39.9 Å². The molecule has 5 rings (SSSR count). The Morgan fingerprint density at radius 1 is 0.941 bits per heavy atom. The quantitative estimate of drug-likeness (QED) is 0.129. The van der Waals surface area contributed by atoms with Crippen molar-refractivity contribution in [1.29, 1.82) is 0 Å². The van der Waals surface area contributed by atoms with Gasteiger partial charge in [-0.05, 0) is 91.9 Å². The van der Waals surface area contributed by atoms with E-state index in [0.717, 1.165) is 29.6 Å². The minimum atomic E-state index is -0.0181. The standard InChI is InChI=1S/C28H25Cl2NO3/c29-14-1-15-33-22-8-4-20(5-9-22)28(32)26-18-31(17-19-2-3-19)27-13-12-24(16-25(26)27)34-23-10-6-21(30)7-11-23/h4-13,16,18-19H,1-3,14-15,17H2. The Morgan fingerprint density at radius 2 is 1.65 bits per heavy atom. The molecule has 6 heteroatoms. The van der Waals surface area contributed by atoms with Crippen molar-refractivity contribution in [2.45, 2.75) is 25.8 Å². The Kier molecular flexibility index (Phi) is 6.80. The molecular formula is C28H25Cl2NO3. The lowest BCUT2D eigenvalue weighted by molar-refractivity contribution is 0.104. The highest BCUT2D eigenvalue weighted by Gasteiger charge is 2.24. The van der Waals surface area contributed by atoms with Gasteiger partial charge in [0.05, 0.1) is 6.61 Å². The van der Waals surface area contributed by atoms with Crippen LogP contribution >= 0.6 is 23.2 Å². The van der Waals surface area contributed by atoms with Gasteiger partial charge in [-0.15, -0.1) is 11.6 Å². The lowest BCUT2D eigenvalue weighted by atomic mass is 10.0. The van der Waals surface area contributed by atoms with E-state index in [1.807, 2.05) is 60.8 Å². The van der Waals surface area contributed by atoms with E-state index in [4.69, 9.17) is 32.7 Å². The van der Waals surface area contributed by atoms with E-state index >= 15 is 0 Å². The van der Waals surface area contributed by atoms with Crippen LogP contribution < -0.4 is 9.47 Å². The number of nitrogens with zero attached hydrogens (tertiary/aromatic N) is 1. The van der Waals surface area contributed by atoms with Gasteiger partial charge >= 0.3 is 0 Å². The molecule has 0 aliphatic heterocycles. The molecule has 0 radical (unpaired) electrons. The van der Waals surface area contributed by atoms with Crippen LogP contribution in [0.3, 0.4) is 0 Å². The van der Waals surface area contributed by atoms with Crippen molar-refractivity contribution in [2.24, 2.45) is 5.92 Å². The average Bonchev–Trinajstić information content (AvgIpc) is 3.61. The van der Waals surface area contributed by atoms with Crippen LogP contribution in [0.25, 0.3) is 10.9 Å². The largest absolute Gasteiger partial charge is 0.494 e. The zero-order chi connectivity index (χ0) is 23.5. The first-order valence-electron chi connectivity index (χ1n) is 11.5. The van der Waals surface area contributed by atoms with E-state index in [-0.39, 0.29) is 5.78 Å². The van der Waals surface area contributed by atoms with Gasteiger partial charge in [0.2, 0.25) is 0 Å². The number of benzene rings is 3.